The van der Waals surface area contributed by atoms with Crippen LogP contribution < -0.4 is 4.90 Å². The molecule has 2 saturated heterocycles. The van der Waals surface area contributed by atoms with E-state index < -0.39 is 0 Å². The molecule has 33 heavy (non-hydrogen) atoms. The highest BCUT2D eigenvalue weighted by Crippen LogP contribution is 2.36. The van der Waals surface area contributed by atoms with Gasteiger partial charge >= 0.3 is 0 Å². The second kappa shape index (κ2) is 9.24. The zero-order chi connectivity index (χ0) is 23.1. The maximum absolute atomic E-state index is 13.5. The third kappa shape index (κ3) is 4.48. The molecule has 2 aliphatic rings. The Hall–Kier alpha value is -2.16. The van der Waals surface area contributed by atoms with Gasteiger partial charge in [-0.1, -0.05) is 30.3 Å². The van der Waals surface area contributed by atoms with Crippen molar-refractivity contribution >= 4 is 67.5 Å². The Bertz CT molecular complexity index is 1220. The molecule has 4 heterocycles. The first kappa shape index (κ1) is 22.6. The maximum Gasteiger partial charge on any atom is 0.231 e. The number of hydrogen-bond donors (Lipinski definition) is 0. The SMILES string of the molecule is Cc1sc2ncnc(N3CCC(C(=O)N4C[C@@H](C)SC4=Nc4ccc(Cl)cc4)CC3)c2c1C. The van der Waals surface area contributed by atoms with E-state index >= 15 is 0 Å². The highest BCUT2D eigenvalue weighted by Gasteiger charge is 2.36. The number of thioether (sulfide) groups is 1. The molecule has 2 aromatic heterocycles. The number of amides is 1. The second-order valence-electron chi connectivity index (χ2n) is 8.67. The van der Waals surface area contributed by atoms with Gasteiger partial charge in [0.25, 0.3) is 0 Å². The minimum atomic E-state index is 0.00482. The standard InChI is InChI=1S/C24H26ClN5OS2/c1-14-12-30(24(32-14)28-19-6-4-18(25)5-7-19)23(31)17-8-10-29(11-9-17)21-20-15(2)16(3)33-22(20)27-13-26-21/h4-7,13-14,17H,8-12H2,1-3H3/t14-/m1/s1. The van der Waals surface area contributed by atoms with Crippen molar-refractivity contribution in [3.05, 3.63) is 46.1 Å². The lowest BCUT2D eigenvalue weighted by molar-refractivity contribution is -0.131. The summed E-state index contributed by atoms with van der Waals surface area (Å²) in [6.45, 7) is 8.76. The van der Waals surface area contributed by atoms with Gasteiger partial charge in [-0.3, -0.25) is 9.69 Å². The summed E-state index contributed by atoms with van der Waals surface area (Å²) < 4.78 is 0. The van der Waals surface area contributed by atoms with Gasteiger partial charge in [-0.15, -0.1) is 11.3 Å². The monoisotopic (exact) mass is 499 g/mol. The van der Waals surface area contributed by atoms with Crippen molar-refractivity contribution in [3.8, 4) is 0 Å². The normalized spacial score (nSPS) is 20.8. The first-order chi connectivity index (χ1) is 15.9. The van der Waals surface area contributed by atoms with E-state index in [2.05, 4.69) is 35.6 Å². The number of nitrogens with zero attached hydrogens (tertiary/aromatic N) is 5. The lowest BCUT2D eigenvalue weighted by Gasteiger charge is -2.34. The first-order valence-corrected chi connectivity index (χ1v) is 13.3. The Morgan fingerprint density at radius 2 is 1.88 bits per heavy atom. The van der Waals surface area contributed by atoms with Gasteiger partial charge in [-0.2, -0.15) is 0 Å². The Labute approximate surface area is 207 Å². The van der Waals surface area contributed by atoms with Crippen molar-refractivity contribution in [1.82, 2.24) is 14.9 Å². The number of hydrogen-bond acceptors (Lipinski definition) is 7. The van der Waals surface area contributed by atoms with Gasteiger partial charge in [0.05, 0.1) is 11.1 Å². The third-order valence-corrected chi connectivity index (χ3v) is 8.82. The number of anilines is 1. The minimum absolute atomic E-state index is 0.00482. The number of amidine groups is 1. The Morgan fingerprint density at radius 3 is 2.61 bits per heavy atom. The summed E-state index contributed by atoms with van der Waals surface area (Å²) in [5.74, 6) is 1.20. The molecule has 0 unspecified atom stereocenters. The van der Waals surface area contributed by atoms with Crippen LogP contribution in [-0.4, -0.2) is 50.8 Å². The molecule has 6 nitrogen and oxygen atoms in total. The fraction of sp³-hybridized carbons (Fsp3) is 0.417. The number of rotatable bonds is 3. The Balaban J connectivity index is 1.31. The predicted octanol–water partition coefficient (Wildman–Crippen LogP) is 5.83. The van der Waals surface area contributed by atoms with E-state index in [9.17, 15) is 4.79 Å². The average Bonchev–Trinajstić information content (AvgIpc) is 3.33. The van der Waals surface area contributed by atoms with Crippen molar-refractivity contribution in [2.75, 3.05) is 24.5 Å². The Morgan fingerprint density at radius 1 is 1.15 bits per heavy atom. The molecule has 2 aliphatic heterocycles. The van der Waals surface area contributed by atoms with Crippen LogP contribution in [0.25, 0.3) is 10.2 Å². The summed E-state index contributed by atoms with van der Waals surface area (Å²) in [5.41, 5.74) is 2.08. The van der Waals surface area contributed by atoms with Crippen LogP contribution >= 0.6 is 34.7 Å². The van der Waals surface area contributed by atoms with Crippen LogP contribution in [0.3, 0.4) is 0 Å². The van der Waals surface area contributed by atoms with Crippen LogP contribution in [0.1, 0.15) is 30.2 Å². The van der Waals surface area contributed by atoms with Gasteiger partial charge in [-0.25, -0.2) is 15.0 Å². The molecule has 0 bridgehead atoms. The number of halogens is 1. The topological polar surface area (TPSA) is 61.7 Å². The summed E-state index contributed by atoms with van der Waals surface area (Å²) >= 11 is 9.38. The van der Waals surface area contributed by atoms with E-state index in [0.29, 0.717) is 16.8 Å². The number of carbonyl (C=O) groups excluding carboxylic acids is 1. The van der Waals surface area contributed by atoms with Crippen molar-refractivity contribution in [1.29, 1.82) is 0 Å². The molecule has 1 amide bonds. The quantitative estimate of drug-likeness (QED) is 0.453. The van der Waals surface area contributed by atoms with Crippen LogP contribution in [0.15, 0.2) is 35.6 Å². The average molecular weight is 500 g/mol. The summed E-state index contributed by atoms with van der Waals surface area (Å²) in [6.07, 6.45) is 3.29. The molecule has 0 aliphatic carbocycles. The summed E-state index contributed by atoms with van der Waals surface area (Å²) in [7, 11) is 0. The molecule has 2 fully saturated rings. The first-order valence-electron chi connectivity index (χ1n) is 11.2. The van der Waals surface area contributed by atoms with E-state index in [-0.39, 0.29) is 11.8 Å². The fourth-order valence-corrected chi connectivity index (χ4v) is 6.63. The van der Waals surface area contributed by atoms with Gasteiger partial charge < -0.3 is 4.90 Å². The molecular weight excluding hydrogens is 474 g/mol. The van der Waals surface area contributed by atoms with E-state index in [1.54, 1.807) is 29.4 Å². The van der Waals surface area contributed by atoms with Crippen molar-refractivity contribution in [3.63, 3.8) is 0 Å². The molecule has 1 atom stereocenters. The molecule has 3 aromatic rings. The van der Waals surface area contributed by atoms with Gasteiger partial charge in [-0.05, 0) is 56.5 Å². The van der Waals surface area contributed by atoms with Crippen LogP contribution in [0, 0.1) is 19.8 Å². The van der Waals surface area contributed by atoms with Crippen molar-refractivity contribution < 1.29 is 4.79 Å². The van der Waals surface area contributed by atoms with Crippen molar-refractivity contribution in [2.45, 2.75) is 38.9 Å². The number of fused-ring (bicyclic) bond motifs is 1. The number of aryl methyl sites for hydroxylation is 2. The van der Waals surface area contributed by atoms with Gasteiger partial charge in [0, 0.05) is 40.7 Å². The minimum Gasteiger partial charge on any atom is -0.356 e. The molecule has 172 valence electrons. The second-order valence-corrected chi connectivity index (χ2v) is 11.7. The van der Waals surface area contributed by atoms with Gasteiger partial charge in [0.15, 0.2) is 5.17 Å². The number of aromatic nitrogens is 2. The van der Waals surface area contributed by atoms with Crippen LogP contribution in [-0.2, 0) is 4.79 Å². The molecule has 0 radical (unpaired) electrons. The largest absolute Gasteiger partial charge is 0.356 e. The van der Waals surface area contributed by atoms with E-state index in [4.69, 9.17) is 16.6 Å². The van der Waals surface area contributed by atoms with E-state index in [0.717, 1.165) is 52.8 Å². The molecule has 5 rings (SSSR count). The summed E-state index contributed by atoms with van der Waals surface area (Å²) in [4.78, 5) is 33.9. The van der Waals surface area contributed by atoms with Crippen LogP contribution in [0.4, 0.5) is 11.5 Å². The summed E-state index contributed by atoms with van der Waals surface area (Å²) in [5, 5.41) is 2.96. The number of aliphatic imine (C=N–C) groups is 1. The van der Waals surface area contributed by atoms with Crippen LogP contribution in [0.2, 0.25) is 5.02 Å². The zero-order valence-corrected chi connectivity index (χ0v) is 21.3. The number of piperidine rings is 1. The smallest absolute Gasteiger partial charge is 0.231 e. The van der Waals surface area contributed by atoms with E-state index in [1.165, 1.54) is 10.4 Å². The number of benzene rings is 1. The molecule has 0 N–H and O–H groups in total. The van der Waals surface area contributed by atoms with Gasteiger partial charge in [0.1, 0.15) is 17.0 Å². The number of thiophene rings is 1. The highest BCUT2D eigenvalue weighted by molar-refractivity contribution is 8.14. The predicted molar refractivity (Wildman–Crippen MR) is 139 cm³/mol. The highest BCUT2D eigenvalue weighted by atomic mass is 35.5. The lowest BCUT2D eigenvalue weighted by atomic mass is 9.95. The zero-order valence-electron chi connectivity index (χ0n) is 18.9. The summed E-state index contributed by atoms with van der Waals surface area (Å²) in [6, 6.07) is 7.42. The van der Waals surface area contributed by atoms with Crippen molar-refractivity contribution in [2.24, 2.45) is 10.9 Å². The molecule has 1 aromatic carbocycles. The van der Waals surface area contributed by atoms with E-state index in [1.807, 2.05) is 29.2 Å². The molecule has 0 spiro atoms. The van der Waals surface area contributed by atoms with Gasteiger partial charge in [0.2, 0.25) is 5.91 Å². The number of carbonyl (C=O) groups is 1. The maximum atomic E-state index is 13.5. The Kier molecular flexibility index (Phi) is 6.33. The third-order valence-electron chi connectivity index (χ3n) is 6.38. The molecule has 0 saturated carbocycles. The molecular formula is C24H26ClN5OS2. The molecule has 9 heteroatoms. The fourth-order valence-electron chi connectivity index (χ4n) is 4.48. The van der Waals surface area contributed by atoms with Crippen LogP contribution in [0.5, 0.6) is 0 Å². The lowest BCUT2D eigenvalue weighted by Crippen LogP contribution is -2.43.